The summed E-state index contributed by atoms with van der Waals surface area (Å²) in [4.78, 5) is 17.7. The van der Waals surface area contributed by atoms with Crippen LogP contribution in [0.4, 0.5) is 8.78 Å². The van der Waals surface area contributed by atoms with Gasteiger partial charge < -0.3 is 10.5 Å². The number of hydrogen-bond donors (Lipinski definition) is 1. The van der Waals surface area contributed by atoms with E-state index in [4.69, 9.17) is 10.5 Å². The van der Waals surface area contributed by atoms with Gasteiger partial charge in [0.1, 0.15) is 17.4 Å². The maximum absolute atomic E-state index is 13.9. The predicted molar refractivity (Wildman–Crippen MR) is 126 cm³/mol. The fraction of sp³-hybridized carbons (Fsp3) is 0.185. The second-order valence-electron chi connectivity index (χ2n) is 8.62. The molecule has 1 aromatic heterocycles. The predicted octanol–water partition coefficient (Wildman–Crippen LogP) is 5.08. The molecule has 0 aliphatic carbocycles. The molecule has 5 rings (SSSR count). The standard InChI is InChI=1S/C27H23F2N3O2/c28-21-8-5-18(24(29)12-21)11-17-14-32(15-17)16-20-6-9-25(23-4-2-1-3-22(20)23)34-26-10-7-19(13-31-26)27(30)33/h1-10,12-13,17H,11,14-16H2,(H2,30,33). The van der Waals surface area contributed by atoms with Crippen molar-refractivity contribution in [2.75, 3.05) is 13.1 Å². The van der Waals surface area contributed by atoms with E-state index in [0.717, 1.165) is 36.5 Å². The Morgan fingerprint density at radius 1 is 1.00 bits per heavy atom. The molecule has 0 unspecified atom stereocenters. The number of fused-ring (bicyclic) bond motifs is 1. The van der Waals surface area contributed by atoms with Gasteiger partial charge in [-0.25, -0.2) is 13.8 Å². The van der Waals surface area contributed by atoms with E-state index in [2.05, 4.69) is 16.0 Å². The summed E-state index contributed by atoms with van der Waals surface area (Å²) in [6.45, 7) is 2.49. The lowest BCUT2D eigenvalue weighted by Crippen LogP contribution is -2.46. The van der Waals surface area contributed by atoms with Gasteiger partial charge in [0, 0.05) is 43.4 Å². The summed E-state index contributed by atoms with van der Waals surface area (Å²) >= 11 is 0. The number of nitrogens with two attached hydrogens (primary N) is 1. The molecule has 5 nitrogen and oxygen atoms in total. The van der Waals surface area contributed by atoms with Crippen LogP contribution in [0.15, 0.2) is 72.9 Å². The van der Waals surface area contributed by atoms with Gasteiger partial charge in [-0.1, -0.05) is 36.4 Å². The highest BCUT2D eigenvalue weighted by Gasteiger charge is 2.28. The summed E-state index contributed by atoms with van der Waals surface area (Å²) in [7, 11) is 0. The number of primary amides is 1. The summed E-state index contributed by atoms with van der Waals surface area (Å²) in [5.41, 5.74) is 7.33. The van der Waals surface area contributed by atoms with Gasteiger partial charge in [0.15, 0.2) is 0 Å². The fourth-order valence-corrected chi connectivity index (χ4v) is 4.43. The van der Waals surface area contributed by atoms with Crippen LogP contribution in [0.1, 0.15) is 21.5 Å². The molecule has 0 bridgehead atoms. The van der Waals surface area contributed by atoms with E-state index < -0.39 is 17.5 Å². The van der Waals surface area contributed by atoms with Gasteiger partial charge in [0.2, 0.25) is 11.8 Å². The zero-order valence-electron chi connectivity index (χ0n) is 18.4. The molecule has 1 amide bonds. The number of ether oxygens (including phenoxy) is 1. The van der Waals surface area contributed by atoms with Gasteiger partial charge in [0.25, 0.3) is 0 Å². The summed E-state index contributed by atoms with van der Waals surface area (Å²) in [5.74, 6) is -0.158. The number of pyridine rings is 1. The highest BCUT2D eigenvalue weighted by Crippen LogP contribution is 2.33. The maximum Gasteiger partial charge on any atom is 0.250 e. The monoisotopic (exact) mass is 459 g/mol. The number of rotatable bonds is 7. The molecule has 2 N–H and O–H groups in total. The van der Waals surface area contributed by atoms with Crippen molar-refractivity contribution in [3.63, 3.8) is 0 Å². The van der Waals surface area contributed by atoms with Crippen LogP contribution in [0, 0.1) is 17.6 Å². The van der Waals surface area contributed by atoms with Gasteiger partial charge in [-0.05, 0) is 47.1 Å². The number of amides is 1. The van der Waals surface area contributed by atoms with Crippen LogP contribution in [-0.2, 0) is 13.0 Å². The van der Waals surface area contributed by atoms with E-state index in [-0.39, 0.29) is 0 Å². The van der Waals surface area contributed by atoms with Crippen LogP contribution in [0.25, 0.3) is 10.8 Å². The van der Waals surface area contributed by atoms with E-state index in [1.54, 1.807) is 12.1 Å². The summed E-state index contributed by atoms with van der Waals surface area (Å²) in [5, 5.41) is 2.05. The lowest BCUT2D eigenvalue weighted by molar-refractivity contribution is 0.0924. The molecule has 1 aliphatic rings. The maximum atomic E-state index is 13.9. The number of hydrogen-bond acceptors (Lipinski definition) is 4. The van der Waals surface area contributed by atoms with Crippen LogP contribution in [-0.4, -0.2) is 28.9 Å². The van der Waals surface area contributed by atoms with Crippen molar-refractivity contribution < 1.29 is 18.3 Å². The topological polar surface area (TPSA) is 68.5 Å². The van der Waals surface area contributed by atoms with E-state index in [1.807, 2.05) is 30.3 Å². The Morgan fingerprint density at radius 2 is 1.76 bits per heavy atom. The van der Waals surface area contributed by atoms with Crippen LogP contribution < -0.4 is 10.5 Å². The molecule has 2 heterocycles. The minimum absolute atomic E-state index is 0.322. The van der Waals surface area contributed by atoms with Gasteiger partial charge in [-0.2, -0.15) is 0 Å². The lowest BCUT2D eigenvalue weighted by Gasteiger charge is -2.39. The normalized spacial score (nSPS) is 14.2. The molecule has 172 valence electrons. The Kier molecular flexibility index (Phi) is 5.94. The second-order valence-corrected chi connectivity index (χ2v) is 8.62. The van der Waals surface area contributed by atoms with Crippen LogP contribution >= 0.6 is 0 Å². The summed E-state index contributed by atoms with van der Waals surface area (Å²) in [6.07, 6.45) is 2.00. The smallest absolute Gasteiger partial charge is 0.250 e. The third kappa shape index (κ3) is 4.61. The van der Waals surface area contributed by atoms with Gasteiger partial charge in [-0.3, -0.25) is 9.69 Å². The average molecular weight is 459 g/mol. The van der Waals surface area contributed by atoms with Gasteiger partial charge in [-0.15, -0.1) is 0 Å². The molecule has 1 fully saturated rings. The van der Waals surface area contributed by atoms with Crippen molar-refractivity contribution in [1.29, 1.82) is 0 Å². The third-order valence-corrected chi connectivity index (χ3v) is 6.16. The highest BCUT2D eigenvalue weighted by molar-refractivity contribution is 5.92. The quantitative estimate of drug-likeness (QED) is 0.419. The van der Waals surface area contributed by atoms with Crippen molar-refractivity contribution in [3.05, 3.63) is 101 Å². The van der Waals surface area contributed by atoms with E-state index in [0.29, 0.717) is 35.1 Å². The minimum atomic E-state index is -0.547. The van der Waals surface area contributed by atoms with Crippen LogP contribution in [0.3, 0.4) is 0 Å². The molecule has 1 saturated heterocycles. The largest absolute Gasteiger partial charge is 0.438 e. The molecule has 0 atom stereocenters. The Labute approximate surface area is 195 Å². The number of halogens is 2. The number of nitrogens with zero attached hydrogens (tertiary/aromatic N) is 2. The number of aromatic nitrogens is 1. The molecule has 0 radical (unpaired) electrons. The second kappa shape index (κ2) is 9.19. The first kappa shape index (κ1) is 22.0. The molecule has 1 aliphatic heterocycles. The SMILES string of the molecule is NC(=O)c1ccc(Oc2ccc(CN3CC(Cc4ccc(F)cc4F)C3)c3ccccc23)nc1. The Hall–Kier alpha value is -3.84. The van der Waals surface area contributed by atoms with Crippen molar-refractivity contribution in [1.82, 2.24) is 9.88 Å². The molecule has 34 heavy (non-hydrogen) atoms. The van der Waals surface area contributed by atoms with E-state index in [1.165, 1.54) is 23.9 Å². The Balaban J connectivity index is 1.27. The van der Waals surface area contributed by atoms with Crippen molar-refractivity contribution in [2.24, 2.45) is 11.7 Å². The molecule has 0 saturated carbocycles. The molecule has 7 heteroatoms. The zero-order valence-corrected chi connectivity index (χ0v) is 18.4. The van der Waals surface area contributed by atoms with E-state index in [9.17, 15) is 13.6 Å². The number of benzene rings is 3. The molecule has 0 spiro atoms. The first-order chi connectivity index (χ1) is 16.5. The fourth-order valence-electron chi connectivity index (χ4n) is 4.43. The summed E-state index contributed by atoms with van der Waals surface area (Å²) < 4.78 is 33.1. The first-order valence-corrected chi connectivity index (χ1v) is 11.1. The molecular weight excluding hydrogens is 436 g/mol. The van der Waals surface area contributed by atoms with Gasteiger partial charge >= 0.3 is 0 Å². The minimum Gasteiger partial charge on any atom is -0.438 e. The highest BCUT2D eigenvalue weighted by atomic mass is 19.1. The molecule has 4 aromatic rings. The van der Waals surface area contributed by atoms with Gasteiger partial charge in [0.05, 0.1) is 5.56 Å². The summed E-state index contributed by atoms with van der Waals surface area (Å²) in [6, 6.07) is 19.0. The Morgan fingerprint density at radius 3 is 2.47 bits per heavy atom. The van der Waals surface area contributed by atoms with Crippen molar-refractivity contribution in [3.8, 4) is 11.6 Å². The van der Waals surface area contributed by atoms with E-state index >= 15 is 0 Å². The third-order valence-electron chi connectivity index (χ3n) is 6.16. The number of carbonyl (C=O) groups is 1. The van der Waals surface area contributed by atoms with Crippen molar-refractivity contribution in [2.45, 2.75) is 13.0 Å². The zero-order chi connectivity index (χ0) is 23.7. The number of carbonyl (C=O) groups excluding carboxylic acids is 1. The van der Waals surface area contributed by atoms with Crippen LogP contribution in [0.5, 0.6) is 11.6 Å². The average Bonchev–Trinajstić information content (AvgIpc) is 2.80. The van der Waals surface area contributed by atoms with Crippen LogP contribution in [0.2, 0.25) is 0 Å². The van der Waals surface area contributed by atoms with Crippen molar-refractivity contribution >= 4 is 16.7 Å². The molecule has 3 aromatic carbocycles. The Bertz CT molecular complexity index is 1350. The molecular formula is C27H23F2N3O2. The number of likely N-dealkylation sites (tertiary alicyclic amines) is 1. The lowest BCUT2D eigenvalue weighted by atomic mass is 9.91. The first-order valence-electron chi connectivity index (χ1n) is 11.1.